The molecule has 2 heterocycles. The molecule has 2 aliphatic heterocycles. The van der Waals surface area contributed by atoms with E-state index in [2.05, 4.69) is 41.5 Å². The van der Waals surface area contributed by atoms with Gasteiger partial charge in [0.1, 0.15) is 5.69 Å². The van der Waals surface area contributed by atoms with E-state index in [-0.39, 0.29) is 17.0 Å². The Morgan fingerprint density at radius 1 is 1.04 bits per heavy atom. The van der Waals surface area contributed by atoms with Crippen molar-refractivity contribution in [1.29, 1.82) is 0 Å². The fourth-order valence-electron chi connectivity index (χ4n) is 4.08. The maximum atomic E-state index is 11.6. The Kier molecular flexibility index (Phi) is 5.03. The summed E-state index contributed by atoms with van der Waals surface area (Å²) in [5, 5.41) is 11.6. The molecule has 4 rings (SSSR count). The maximum Gasteiger partial charge on any atom is 0.271 e. The minimum absolute atomic E-state index is 0. The molecule has 0 saturated heterocycles. The molecule has 1 unspecified atom stereocenters. The third kappa shape index (κ3) is 3.02. The van der Waals surface area contributed by atoms with Gasteiger partial charge >= 0.3 is 0 Å². The van der Waals surface area contributed by atoms with Gasteiger partial charge in [0.15, 0.2) is 6.54 Å². The Bertz CT molecular complexity index is 803. The van der Waals surface area contributed by atoms with Crippen molar-refractivity contribution in [3.05, 3.63) is 65.2 Å². The zero-order valence-electron chi connectivity index (χ0n) is 14.9. The van der Waals surface area contributed by atoms with Gasteiger partial charge in [0.2, 0.25) is 0 Å². The molecular formula is C21H25BrN2O. The van der Waals surface area contributed by atoms with Crippen LogP contribution in [-0.4, -0.2) is 28.6 Å². The second-order valence-electron chi connectivity index (χ2n) is 7.08. The molecule has 0 bridgehead atoms. The smallest absolute Gasteiger partial charge is 0.271 e. The fourth-order valence-corrected chi connectivity index (χ4v) is 4.08. The number of aryl methyl sites for hydroxylation is 2. The molecule has 0 radical (unpaired) electrons. The van der Waals surface area contributed by atoms with E-state index >= 15 is 0 Å². The summed E-state index contributed by atoms with van der Waals surface area (Å²) >= 11 is 0. The zero-order valence-corrected chi connectivity index (χ0v) is 16.5. The van der Waals surface area contributed by atoms with Crippen molar-refractivity contribution in [3.63, 3.8) is 0 Å². The predicted molar refractivity (Wildman–Crippen MR) is 97.6 cm³/mol. The van der Waals surface area contributed by atoms with Gasteiger partial charge in [-0.25, -0.2) is 9.48 Å². The van der Waals surface area contributed by atoms with E-state index in [9.17, 15) is 5.11 Å². The summed E-state index contributed by atoms with van der Waals surface area (Å²) in [4.78, 5) is 2.34. The Labute approximate surface area is 160 Å². The van der Waals surface area contributed by atoms with Gasteiger partial charge in [0.25, 0.3) is 11.6 Å². The number of anilines is 1. The molecule has 0 fully saturated rings. The molecule has 0 spiro atoms. The molecule has 4 heteroatoms. The highest BCUT2D eigenvalue weighted by atomic mass is 79.9. The van der Waals surface area contributed by atoms with Gasteiger partial charge in [0, 0.05) is 12.0 Å². The van der Waals surface area contributed by atoms with Crippen molar-refractivity contribution < 1.29 is 26.7 Å². The highest BCUT2D eigenvalue weighted by Crippen LogP contribution is 2.36. The summed E-state index contributed by atoms with van der Waals surface area (Å²) in [5.41, 5.74) is 3.79. The van der Waals surface area contributed by atoms with Gasteiger partial charge in [0.05, 0.1) is 6.54 Å². The molecule has 1 atom stereocenters. The summed E-state index contributed by atoms with van der Waals surface area (Å²) in [6, 6.07) is 16.7. The molecule has 0 amide bonds. The van der Waals surface area contributed by atoms with Gasteiger partial charge in [-0.3, -0.25) is 0 Å². The molecular weight excluding hydrogens is 376 g/mol. The standard InChI is InChI=1S/C21H25N2O.BrH/c1-16-11-12-17(2)19(14-16)22-15-21(24,18-8-4-3-5-9-18)23-13-7-6-10-20(22)23;/h3-5,8-9,11-12,14,24H,6-7,10,13,15H2,1-2H3;1H/q+1;/p-1. The van der Waals surface area contributed by atoms with Crippen LogP contribution in [0.3, 0.4) is 0 Å². The van der Waals surface area contributed by atoms with Crippen molar-refractivity contribution in [1.82, 2.24) is 0 Å². The molecule has 0 saturated carbocycles. The van der Waals surface area contributed by atoms with E-state index in [0.717, 1.165) is 24.9 Å². The quantitative estimate of drug-likeness (QED) is 0.745. The third-order valence-corrected chi connectivity index (χ3v) is 5.37. The van der Waals surface area contributed by atoms with Crippen LogP contribution in [0.1, 0.15) is 36.0 Å². The first-order chi connectivity index (χ1) is 11.6. The number of hydrogen-bond donors (Lipinski definition) is 1. The van der Waals surface area contributed by atoms with E-state index in [1.165, 1.54) is 29.1 Å². The number of hydrogen-bond acceptors (Lipinski definition) is 2. The second-order valence-corrected chi connectivity index (χ2v) is 7.08. The number of amidine groups is 1. The summed E-state index contributed by atoms with van der Waals surface area (Å²) in [6.07, 6.45) is 3.36. The Hall–Kier alpha value is -1.65. The molecule has 3 nitrogen and oxygen atoms in total. The summed E-state index contributed by atoms with van der Waals surface area (Å²) in [7, 11) is 0. The minimum atomic E-state index is -0.937. The summed E-state index contributed by atoms with van der Waals surface area (Å²) in [5.74, 6) is 1.27. The number of rotatable bonds is 2. The first-order valence-corrected chi connectivity index (χ1v) is 8.86. The SMILES string of the molecule is Cc1ccc(C)c(N2CC(O)(c3ccccc3)[N+]3=C2CCCC3)c1.[Br-]. The highest BCUT2D eigenvalue weighted by molar-refractivity contribution is 5.96. The molecule has 2 aromatic rings. The number of aliphatic hydroxyl groups is 1. The van der Waals surface area contributed by atoms with E-state index in [1.807, 2.05) is 30.3 Å². The van der Waals surface area contributed by atoms with Gasteiger partial charge in [-0.15, -0.1) is 0 Å². The maximum absolute atomic E-state index is 11.6. The van der Waals surface area contributed by atoms with E-state index < -0.39 is 5.72 Å². The van der Waals surface area contributed by atoms with Crippen LogP contribution < -0.4 is 21.9 Å². The van der Waals surface area contributed by atoms with Crippen LogP contribution in [0.15, 0.2) is 48.5 Å². The second kappa shape index (κ2) is 6.93. The lowest BCUT2D eigenvalue weighted by atomic mass is 10.0. The van der Waals surface area contributed by atoms with Crippen molar-refractivity contribution in [3.8, 4) is 0 Å². The topological polar surface area (TPSA) is 26.5 Å². The van der Waals surface area contributed by atoms with E-state index in [4.69, 9.17) is 0 Å². The Morgan fingerprint density at radius 3 is 2.56 bits per heavy atom. The number of benzene rings is 2. The minimum Gasteiger partial charge on any atom is -1.00 e. The fraction of sp³-hybridized carbons (Fsp3) is 0.381. The number of nitrogens with zero attached hydrogens (tertiary/aromatic N) is 2. The highest BCUT2D eigenvalue weighted by Gasteiger charge is 2.52. The van der Waals surface area contributed by atoms with Gasteiger partial charge < -0.3 is 22.1 Å². The lowest BCUT2D eigenvalue weighted by Crippen LogP contribution is -3.00. The van der Waals surface area contributed by atoms with Crippen LogP contribution in [0.5, 0.6) is 0 Å². The first-order valence-electron chi connectivity index (χ1n) is 8.86. The lowest BCUT2D eigenvalue weighted by molar-refractivity contribution is -0.661. The summed E-state index contributed by atoms with van der Waals surface area (Å²) < 4.78 is 2.23. The molecule has 0 aliphatic carbocycles. The van der Waals surface area contributed by atoms with Crippen molar-refractivity contribution in [2.24, 2.45) is 0 Å². The van der Waals surface area contributed by atoms with Crippen molar-refractivity contribution >= 4 is 11.5 Å². The molecule has 2 aliphatic rings. The van der Waals surface area contributed by atoms with E-state index in [0.29, 0.717) is 6.54 Å². The Morgan fingerprint density at radius 2 is 1.80 bits per heavy atom. The first kappa shape index (κ1) is 18.2. The number of β-amino-alcohol motifs (C(OH)–C–C–N with tert-alkyl or cyclic N) is 1. The van der Waals surface area contributed by atoms with Crippen LogP contribution in [0.2, 0.25) is 0 Å². The lowest BCUT2D eigenvalue weighted by Gasteiger charge is -2.24. The van der Waals surface area contributed by atoms with Crippen molar-refractivity contribution in [2.75, 3.05) is 18.0 Å². The van der Waals surface area contributed by atoms with E-state index in [1.54, 1.807) is 0 Å². The zero-order chi connectivity index (χ0) is 16.7. The average Bonchev–Trinajstić information content (AvgIpc) is 2.92. The predicted octanol–water partition coefficient (Wildman–Crippen LogP) is 0.568. The molecule has 132 valence electrons. The normalized spacial score (nSPS) is 22.6. The molecule has 0 aromatic heterocycles. The van der Waals surface area contributed by atoms with Crippen LogP contribution in [0, 0.1) is 13.8 Å². The molecule has 25 heavy (non-hydrogen) atoms. The third-order valence-electron chi connectivity index (χ3n) is 5.37. The van der Waals surface area contributed by atoms with Gasteiger partial charge in [-0.2, -0.15) is 0 Å². The van der Waals surface area contributed by atoms with Crippen LogP contribution in [-0.2, 0) is 5.72 Å². The average molecular weight is 401 g/mol. The largest absolute Gasteiger partial charge is 1.00 e. The number of halogens is 1. The van der Waals surface area contributed by atoms with Crippen molar-refractivity contribution in [2.45, 2.75) is 38.8 Å². The summed E-state index contributed by atoms with van der Waals surface area (Å²) in [6.45, 7) is 5.80. The molecule has 2 aromatic carbocycles. The van der Waals surface area contributed by atoms with Gasteiger partial charge in [-0.1, -0.05) is 42.5 Å². The monoisotopic (exact) mass is 400 g/mol. The van der Waals surface area contributed by atoms with Gasteiger partial charge in [-0.05, 0) is 43.9 Å². The molecule has 1 N–H and O–H groups in total. The Balaban J connectivity index is 0.00000182. The van der Waals surface area contributed by atoms with Crippen LogP contribution in [0.4, 0.5) is 5.69 Å². The van der Waals surface area contributed by atoms with Crippen LogP contribution >= 0.6 is 0 Å². The van der Waals surface area contributed by atoms with Crippen LogP contribution in [0.25, 0.3) is 0 Å².